The maximum atomic E-state index is 12.7. The molecule has 0 unspecified atom stereocenters. The average molecular weight is 367 g/mol. The second kappa shape index (κ2) is 7.01. The third-order valence-corrected chi connectivity index (χ3v) is 5.06. The van der Waals surface area contributed by atoms with Crippen molar-refractivity contribution in [2.24, 2.45) is 5.92 Å². The fourth-order valence-electron chi connectivity index (χ4n) is 2.95. The van der Waals surface area contributed by atoms with Gasteiger partial charge in [-0.05, 0) is 56.3 Å². The predicted octanol–water partition coefficient (Wildman–Crippen LogP) is 3.06. The highest BCUT2D eigenvalue weighted by Crippen LogP contribution is 2.28. The maximum Gasteiger partial charge on any atom is 0.257 e. The molecule has 4 nitrogen and oxygen atoms in total. The van der Waals surface area contributed by atoms with E-state index in [-0.39, 0.29) is 5.91 Å². The van der Waals surface area contributed by atoms with Crippen LogP contribution in [0.1, 0.15) is 36.0 Å². The largest absolute Gasteiger partial charge is 0.496 e. The van der Waals surface area contributed by atoms with Gasteiger partial charge in [0, 0.05) is 23.6 Å². The van der Waals surface area contributed by atoms with E-state index in [0.29, 0.717) is 17.4 Å². The van der Waals surface area contributed by atoms with Crippen molar-refractivity contribution < 1.29 is 9.53 Å². The third kappa shape index (κ3) is 3.82. The molecule has 5 heteroatoms. The van der Waals surface area contributed by atoms with Crippen molar-refractivity contribution in [2.75, 3.05) is 26.7 Å². The second-order valence-electron chi connectivity index (χ2n) is 6.26. The molecule has 0 atom stereocenters. The molecule has 3 rings (SSSR count). The Kier molecular flexibility index (Phi) is 5.03. The first kappa shape index (κ1) is 15.8. The number of carbonyl (C=O) groups is 1. The molecule has 0 radical (unpaired) electrons. The van der Waals surface area contributed by atoms with Gasteiger partial charge in [-0.1, -0.05) is 15.9 Å². The fourth-order valence-corrected chi connectivity index (χ4v) is 3.29. The monoisotopic (exact) mass is 366 g/mol. The van der Waals surface area contributed by atoms with Gasteiger partial charge in [0.15, 0.2) is 0 Å². The van der Waals surface area contributed by atoms with Crippen LogP contribution in [0.2, 0.25) is 0 Å². The highest BCUT2D eigenvalue weighted by atomic mass is 79.9. The molecule has 1 aromatic rings. The van der Waals surface area contributed by atoms with Crippen molar-refractivity contribution in [3.63, 3.8) is 0 Å². The Hall–Kier alpha value is -1.07. The third-order valence-electron chi connectivity index (χ3n) is 4.57. The molecule has 1 aromatic carbocycles. The minimum absolute atomic E-state index is 0.0741. The van der Waals surface area contributed by atoms with Crippen LogP contribution in [0.15, 0.2) is 22.7 Å². The van der Waals surface area contributed by atoms with Crippen LogP contribution in [-0.2, 0) is 0 Å². The predicted molar refractivity (Wildman–Crippen MR) is 90.3 cm³/mol. The molecule has 1 amide bonds. The van der Waals surface area contributed by atoms with Gasteiger partial charge in [-0.3, -0.25) is 4.79 Å². The minimum atomic E-state index is 0.0741. The summed E-state index contributed by atoms with van der Waals surface area (Å²) in [6.45, 7) is 2.79. The van der Waals surface area contributed by atoms with Crippen molar-refractivity contribution in [1.82, 2.24) is 10.2 Å². The highest BCUT2D eigenvalue weighted by Gasteiger charge is 2.27. The molecule has 2 aliphatic rings. The van der Waals surface area contributed by atoms with Crippen LogP contribution in [0.3, 0.4) is 0 Å². The van der Waals surface area contributed by atoms with Crippen LogP contribution < -0.4 is 10.1 Å². The van der Waals surface area contributed by atoms with E-state index in [1.54, 1.807) is 7.11 Å². The summed E-state index contributed by atoms with van der Waals surface area (Å²) in [5.74, 6) is 1.62. The highest BCUT2D eigenvalue weighted by molar-refractivity contribution is 9.10. The molecular weight excluding hydrogens is 344 g/mol. The number of amides is 1. The average Bonchev–Trinajstić information content (AvgIpc) is 3.37. The zero-order valence-corrected chi connectivity index (χ0v) is 14.6. The number of hydrogen-bond acceptors (Lipinski definition) is 3. The van der Waals surface area contributed by atoms with E-state index in [1.807, 2.05) is 23.1 Å². The van der Waals surface area contributed by atoms with Gasteiger partial charge in [-0.15, -0.1) is 0 Å². The van der Waals surface area contributed by atoms with Crippen LogP contribution in [-0.4, -0.2) is 43.6 Å². The summed E-state index contributed by atoms with van der Waals surface area (Å²) < 4.78 is 6.26. The topological polar surface area (TPSA) is 41.6 Å². The molecule has 1 aliphatic carbocycles. The number of methoxy groups -OCH3 is 1. The Morgan fingerprint density at radius 2 is 2.05 bits per heavy atom. The molecule has 1 heterocycles. The summed E-state index contributed by atoms with van der Waals surface area (Å²) in [7, 11) is 1.60. The van der Waals surface area contributed by atoms with Gasteiger partial charge in [0.2, 0.25) is 0 Å². The number of carbonyl (C=O) groups excluding carboxylic acids is 1. The standard InChI is InChI=1S/C17H23BrN2O2/c1-22-16-10-13(18)4-5-15(16)17(21)20-8-6-14(7-9-20)19-11-12-2-3-12/h4-5,10,12,14,19H,2-3,6-9,11H2,1H3. The van der Waals surface area contributed by atoms with Crippen LogP contribution >= 0.6 is 15.9 Å². The number of halogens is 1. The summed E-state index contributed by atoms with van der Waals surface area (Å²) in [6, 6.07) is 6.14. The van der Waals surface area contributed by atoms with E-state index in [0.717, 1.165) is 42.9 Å². The van der Waals surface area contributed by atoms with Gasteiger partial charge in [-0.2, -0.15) is 0 Å². The second-order valence-corrected chi connectivity index (χ2v) is 7.18. The van der Waals surface area contributed by atoms with Crippen molar-refractivity contribution in [1.29, 1.82) is 0 Å². The molecule has 1 saturated heterocycles. The number of piperidine rings is 1. The van der Waals surface area contributed by atoms with E-state index in [1.165, 1.54) is 12.8 Å². The van der Waals surface area contributed by atoms with Crippen LogP contribution in [0, 0.1) is 5.92 Å². The molecule has 120 valence electrons. The van der Waals surface area contributed by atoms with Crippen LogP contribution in [0.4, 0.5) is 0 Å². The van der Waals surface area contributed by atoms with Gasteiger partial charge in [0.1, 0.15) is 5.75 Å². The normalized spacial score (nSPS) is 19.3. The van der Waals surface area contributed by atoms with Crippen LogP contribution in [0.5, 0.6) is 5.75 Å². The Morgan fingerprint density at radius 1 is 1.32 bits per heavy atom. The first-order chi connectivity index (χ1) is 10.7. The lowest BCUT2D eigenvalue weighted by molar-refractivity contribution is 0.0701. The molecule has 1 saturated carbocycles. The van der Waals surface area contributed by atoms with Gasteiger partial charge in [-0.25, -0.2) is 0 Å². The van der Waals surface area contributed by atoms with Crippen LogP contribution in [0.25, 0.3) is 0 Å². The number of benzene rings is 1. The van der Waals surface area contributed by atoms with Crippen molar-refractivity contribution >= 4 is 21.8 Å². The first-order valence-electron chi connectivity index (χ1n) is 8.03. The molecular formula is C17H23BrN2O2. The lowest BCUT2D eigenvalue weighted by Crippen LogP contribution is -2.45. The number of likely N-dealkylation sites (tertiary alicyclic amines) is 1. The van der Waals surface area contributed by atoms with Crippen molar-refractivity contribution in [2.45, 2.75) is 31.7 Å². The minimum Gasteiger partial charge on any atom is -0.496 e. The smallest absolute Gasteiger partial charge is 0.257 e. The first-order valence-corrected chi connectivity index (χ1v) is 8.83. The maximum absolute atomic E-state index is 12.7. The van der Waals surface area contributed by atoms with Crippen molar-refractivity contribution in [3.05, 3.63) is 28.2 Å². The lowest BCUT2D eigenvalue weighted by atomic mass is 10.0. The number of nitrogens with zero attached hydrogens (tertiary/aromatic N) is 1. The van der Waals surface area contributed by atoms with Gasteiger partial charge in [0.25, 0.3) is 5.91 Å². The van der Waals surface area contributed by atoms with Gasteiger partial charge < -0.3 is 15.0 Å². The molecule has 0 bridgehead atoms. The molecule has 0 spiro atoms. The zero-order chi connectivity index (χ0) is 15.5. The number of ether oxygens (including phenoxy) is 1. The molecule has 2 fully saturated rings. The number of hydrogen-bond donors (Lipinski definition) is 1. The Labute approximate surface area is 140 Å². The molecule has 1 aliphatic heterocycles. The summed E-state index contributed by atoms with van der Waals surface area (Å²) in [5.41, 5.74) is 0.648. The number of rotatable bonds is 5. The summed E-state index contributed by atoms with van der Waals surface area (Å²) in [4.78, 5) is 14.6. The van der Waals surface area contributed by atoms with E-state index < -0.39 is 0 Å². The zero-order valence-electron chi connectivity index (χ0n) is 13.0. The molecule has 1 N–H and O–H groups in total. The fraction of sp³-hybridized carbons (Fsp3) is 0.588. The van der Waals surface area contributed by atoms with Gasteiger partial charge in [0.05, 0.1) is 12.7 Å². The van der Waals surface area contributed by atoms with E-state index >= 15 is 0 Å². The summed E-state index contributed by atoms with van der Waals surface area (Å²) >= 11 is 3.41. The Morgan fingerprint density at radius 3 is 2.68 bits per heavy atom. The Balaban J connectivity index is 1.57. The Bertz CT molecular complexity index is 537. The molecule has 0 aromatic heterocycles. The van der Waals surface area contributed by atoms with E-state index in [4.69, 9.17) is 4.74 Å². The lowest BCUT2D eigenvalue weighted by Gasteiger charge is -2.33. The SMILES string of the molecule is COc1cc(Br)ccc1C(=O)N1CCC(NCC2CC2)CC1. The quantitative estimate of drug-likeness (QED) is 0.870. The van der Waals surface area contributed by atoms with Crippen molar-refractivity contribution in [3.8, 4) is 5.75 Å². The van der Waals surface area contributed by atoms with E-state index in [2.05, 4.69) is 21.2 Å². The summed E-state index contributed by atoms with van der Waals surface area (Å²) in [6.07, 6.45) is 4.84. The molecule has 22 heavy (non-hydrogen) atoms. The van der Waals surface area contributed by atoms with E-state index in [9.17, 15) is 4.79 Å². The van der Waals surface area contributed by atoms with Gasteiger partial charge >= 0.3 is 0 Å². The summed E-state index contributed by atoms with van der Waals surface area (Å²) in [5, 5.41) is 3.64. The number of nitrogens with one attached hydrogen (secondary N) is 1.